The maximum absolute atomic E-state index is 13.3. The first-order valence-electron chi connectivity index (χ1n) is 10.3. The Balaban J connectivity index is 1.42. The molecule has 2 saturated carbocycles. The van der Waals surface area contributed by atoms with E-state index in [0.717, 1.165) is 32.0 Å². The van der Waals surface area contributed by atoms with Gasteiger partial charge in [-0.25, -0.2) is 0 Å². The third-order valence-electron chi connectivity index (χ3n) is 6.92. The molecule has 1 saturated heterocycles. The molecule has 3 aliphatic rings. The first-order valence-corrected chi connectivity index (χ1v) is 10.3. The first kappa shape index (κ1) is 16.9. The van der Waals surface area contributed by atoms with Gasteiger partial charge in [-0.2, -0.15) is 0 Å². The highest BCUT2D eigenvalue weighted by atomic mass is 16.2. The van der Waals surface area contributed by atoms with Crippen LogP contribution >= 0.6 is 0 Å². The zero-order valence-corrected chi connectivity index (χ0v) is 15.6. The summed E-state index contributed by atoms with van der Waals surface area (Å²) in [5.74, 6) is 2.29. The number of carbonyl (C=O) groups is 1. The summed E-state index contributed by atoms with van der Waals surface area (Å²) in [6, 6.07) is 11.0. The topological polar surface area (TPSA) is 23.6 Å². The van der Waals surface area contributed by atoms with Gasteiger partial charge in [0.2, 0.25) is 5.91 Å². The zero-order chi connectivity index (χ0) is 17.2. The number of piperazine rings is 1. The van der Waals surface area contributed by atoms with Gasteiger partial charge in [0.25, 0.3) is 0 Å². The lowest BCUT2D eigenvalue weighted by molar-refractivity contribution is -0.141. The normalized spacial score (nSPS) is 33.0. The molecule has 136 valence electrons. The van der Waals surface area contributed by atoms with Crippen molar-refractivity contribution in [3.05, 3.63) is 30.3 Å². The molecule has 2 aliphatic carbocycles. The van der Waals surface area contributed by atoms with Crippen molar-refractivity contribution >= 4 is 11.6 Å². The van der Waals surface area contributed by atoms with E-state index in [-0.39, 0.29) is 0 Å². The van der Waals surface area contributed by atoms with Crippen molar-refractivity contribution in [3.63, 3.8) is 0 Å². The van der Waals surface area contributed by atoms with Gasteiger partial charge in [-0.15, -0.1) is 0 Å². The predicted octanol–water partition coefficient (Wildman–Crippen LogP) is 4.33. The highest BCUT2D eigenvalue weighted by Crippen LogP contribution is 2.44. The smallest absolute Gasteiger partial charge is 0.226 e. The Morgan fingerprint density at radius 3 is 2.52 bits per heavy atom. The molecule has 4 rings (SSSR count). The fraction of sp³-hybridized carbons (Fsp3) is 0.682. The van der Waals surface area contributed by atoms with Gasteiger partial charge in [0.1, 0.15) is 0 Å². The van der Waals surface area contributed by atoms with Crippen molar-refractivity contribution < 1.29 is 4.79 Å². The summed E-state index contributed by atoms with van der Waals surface area (Å²) in [5, 5.41) is 0. The average molecular weight is 341 g/mol. The molecule has 1 amide bonds. The molecule has 0 bridgehead atoms. The lowest BCUT2D eigenvalue weighted by Crippen LogP contribution is -2.56. The Labute approximate surface area is 152 Å². The summed E-state index contributed by atoms with van der Waals surface area (Å²) in [6.07, 6.45) is 9.14. The van der Waals surface area contributed by atoms with E-state index in [1.165, 1.54) is 44.2 Å². The summed E-state index contributed by atoms with van der Waals surface area (Å²) in [7, 11) is 0. The van der Waals surface area contributed by atoms with Gasteiger partial charge in [-0.1, -0.05) is 50.3 Å². The third kappa shape index (κ3) is 3.43. The molecular weight excluding hydrogens is 308 g/mol. The van der Waals surface area contributed by atoms with E-state index < -0.39 is 0 Å². The third-order valence-corrected chi connectivity index (χ3v) is 6.92. The summed E-state index contributed by atoms with van der Waals surface area (Å²) >= 11 is 0. The van der Waals surface area contributed by atoms with Crippen LogP contribution in [-0.4, -0.2) is 36.5 Å². The first-order chi connectivity index (χ1) is 12.2. The maximum Gasteiger partial charge on any atom is 0.226 e. The van der Waals surface area contributed by atoms with Crippen molar-refractivity contribution in [1.82, 2.24) is 4.90 Å². The van der Waals surface area contributed by atoms with Gasteiger partial charge < -0.3 is 9.80 Å². The molecule has 0 radical (unpaired) electrons. The second-order valence-electron chi connectivity index (χ2n) is 8.41. The monoisotopic (exact) mass is 340 g/mol. The minimum atomic E-state index is 0.314. The van der Waals surface area contributed by atoms with Crippen molar-refractivity contribution in [2.75, 3.05) is 24.5 Å². The summed E-state index contributed by atoms with van der Waals surface area (Å²) in [5.41, 5.74) is 1.28. The van der Waals surface area contributed by atoms with Crippen LogP contribution in [0.25, 0.3) is 0 Å². The van der Waals surface area contributed by atoms with Gasteiger partial charge in [-0.3, -0.25) is 4.79 Å². The standard InChI is InChI=1S/C22H32N2O/c1-17-16-23(14-15-24(17)19-10-3-2-4-11-19)22(25)21-13-7-9-18-8-5-6-12-20(18)21/h2-4,10-11,17-18,20-21H,5-9,12-16H2,1H3. The number of hydrogen-bond donors (Lipinski definition) is 0. The number of carbonyl (C=O) groups excluding carboxylic acids is 1. The van der Waals surface area contributed by atoms with Gasteiger partial charge in [0.15, 0.2) is 0 Å². The molecule has 1 heterocycles. The molecule has 4 unspecified atom stereocenters. The van der Waals surface area contributed by atoms with Crippen LogP contribution in [0.4, 0.5) is 5.69 Å². The number of rotatable bonds is 2. The second-order valence-corrected chi connectivity index (χ2v) is 8.41. The van der Waals surface area contributed by atoms with E-state index in [2.05, 4.69) is 47.1 Å². The molecule has 3 fully saturated rings. The molecule has 25 heavy (non-hydrogen) atoms. The van der Waals surface area contributed by atoms with Crippen LogP contribution in [-0.2, 0) is 4.79 Å². The van der Waals surface area contributed by atoms with Crippen molar-refractivity contribution in [2.24, 2.45) is 17.8 Å². The van der Waals surface area contributed by atoms with Crippen LogP contribution in [0.2, 0.25) is 0 Å². The zero-order valence-electron chi connectivity index (χ0n) is 15.6. The summed E-state index contributed by atoms with van der Waals surface area (Å²) < 4.78 is 0. The van der Waals surface area contributed by atoms with Crippen LogP contribution in [0, 0.1) is 17.8 Å². The molecule has 0 aromatic heterocycles. The van der Waals surface area contributed by atoms with Crippen molar-refractivity contribution in [1.29, 1.82) is 0 Å². The van der Waals surface area contributed by atoms with Crippen LogP contribution in [0.15, 0.2) is 30.3 Å². The molecule has 3 heteroatoms. The fourth-order valence-corrected chi connectivity index (χ4v) is 5.64. The number of hydrogen-bond acceptors (Lipinski definition) is 2. The molecule has 3 nitrogen and oxygen atoms in total. The average Bonchev–Trinajstić information content (AvgIpc) is 2.67. The van der Waals surface area contributed by atoms with Gasteiger partial charge in [0, 0.05) is 37.3 Å². The Morgan fingerprint density at radius 1 is 0.960 bits per heavy atom. The summed E-state index contributed by atoms with van der Waals surface area (Å²) in [4.78, 5) is 17.9. The predicted molar refractivity (Wildman–Crippen MR) is 103 cm³/mol. The molecule has 1 aromatic rings. The number of benzene rings is 1. The minimum Gasteiger partial charge on any atom is -0.365 e. The summed E-state index contributed by atoms with van der Waals surface area (Å²) in [6.45, 7) is 4.97. The van der Waals surface area contributed by atoms with Crippen LogP contribution in [0.5, 0.6) is 0 Å². The number of fused-ring (bicyclic) bond motifs is 1. The van der Waals surface area contributed by atoms with E-state index in [9.17, 15) is 4.79 Å². The number of nitrogens with zero attached hydrogens (tertiary/aromatic N) is 2. The van der Waals surface area contributed by atoms with Crippen molar-refractivity contribution in [2.45, 2.75) is 57.9 Å². The lowest BCUT2D eigenvalue weighted by Gasteiger charge is -2.46. The Hall–Kier alpha value is -1.51. The maximum atomic E-state index is 13.3. The van der Waals surface area contributed by atoms with Gasteiger partial charge in [-0.05, 0) is 43.7 Å². The van der Waals surface area contributed by atoms with E-state index in [1.54, 1.807) is 0 Å². The van der Waals surface area contributed by atoms with E-state index in [4.69, 9.17) is 0 Å². The highest BCUT2D eigenvalue weighted by molar-refractivity contribution is 5.79. The second kappa shape index (κ2) is 7.39. The number of amides is 1. The number of para-hydroxylation sites is 1. The molecule has 1 aromatic carbocycles. The van der Waals surface area contributed by atoms with E-state index in [1.807, 2.05) is 0 Å². The van der Waals surface area contributed by atoms with E-state index >= 15 is 0 Å². The highest BCUT2D eigenvalue weighted by Gasteiger charge is 2.41. The lowest BCUT2D eigenvalue weighted by atomic mass is 9.65. The van der Waals surface area contributed by atoms with Crippen molar-refractivity contribution in [3.8, 4) is 0 Å². The van der Waals surface area contributed by atoms with E-state index in [0.29, 0.717) is 23.8 Å². The largest absolute Gasteiger partial charge is 0.365 e. The molecular formula is C22H32N2O. The molecule has 0 N–H and O–H groups in total. The fourth-order valence-electron chi connectivity index (χ4n) is 5.64. The molecule has 4 atom stereocenters. The van der Waals surface area contributed by atoms with Gasteiger partial charge in [0.05, 0.1) is 0 Å². The number of anilines is 1. The molecule has 0 spiro atoms. The molecule has 1 aliphatic heterocycles. The minimum absolute atomic E-state index is 0.314. The van der Waals surface area contributed by atoms with Crippen LogP contribution in [0.1, 0.15) is 51.9 Å². The quantitative estimate of drug-likeness (QED) is 0.800. The van der Waals surface area contributed by atoms with Crippen LogP contribution < -0.4 is 4.90 Å². The SMILES string of the molecule is CC1CN(C(=O)C2CCCC3CCCCC32)CCN1c1ccccc1. The Kier molecular flexibility index (Phi) is 5.00. The Bertz CT molecular complexity index is 585. The van der Waals surface area contributed by atoms with Gasteiger partial charge >= 0.3 is 0 Å². The Morgan fingerprint density at radius 2 is 1.72 bits per heavy atom. The van der Waals surface area contributed by atoms with Crippen LogP contribution in [0.3, 0.4) is 0 Å².